The number of benzene rings is 2. The van der Waals surface area contributed by atoms with Crippen molar-refractivity contribution >= 4 is 6.88 Å². The molecule has 0 N–H and O–H groups in total. The maximum absolute atomic E-state index is 3.04. The van der Waals surface area contributed by atoms with E-state index < -0.39 is 17.4 Å². The Morgan fingerprint density at radius 2 is 1.38 bits per heavy atom. The fourth-order valence-corrected chi connectivity index (χ4v) is 19.1. The molecule has 2 aromatic rings. The first-order valence-corrected chi connectivity index (χ1v) is 21.6. The molecule has 0 saturated carbocycles. The van der Waals surface area contributed by atoms with E-state index in [4.69, 9.17) is 0 Å². The van der Waals surface area contributed by atoms with Crippen LogP contribution in [0.2, 0.25) is 9.26 Å². The number of allylic oxidation sites excluding steroid dienone is 4. The molecule has 0 bridgehead atoms. The van der Waals surface area contributed by atoms with Gasteiger partial charge in [0.1, 0.15) is 0 Å². The molecule has 0 spiro atoms. The topological polar surface area (TPSA) is 0 Å². The Morgan fingerprint density at radius 3 is 1.83 bits per heavy atom. The van der Waals surface area contributed by atoms with Gasteiger partial charge in [0.25, 0.3) is 0 Å². The molecule has 0 fully saturated rings. The van der Waals surface area contributed by atoms with Crippen LogP contribution < -0.4 is 0 Å². The molecule has 2 aromatic carbocycles. The van der Waals surface area contributed by atoms with Gasteiger partial charge in [-0.05, 0) is 0 Å². The summed E-state index contributed by atoms with van der Waals surface area (Å²) in [7, 11) is 0. The van der Waals surface area contributed by atoms with Crippen LogP contribution in [0.1, 0.15) is 21.2 Å². The fourth-order valence-electron chi connectivity index (χ4n) is 4.39. The van der Waals surface area contributed by atoms with Crippen LogP contribution in [0.5, 0.6) is 0 Å². The summed E-state index contributed by atoms with van der Waals surface area (Å²) in [6, 6.07) is 18.2. The molecule has 0 aliphatic heterocycles. The SMILES string of the molecule is F.F.[CH3][Zr]([CH3])(=[SiH2])([C]1=CC=CC1)[CH]1c2ccccc2-c2ccccc21. The summed E-state index contributed by atoms with van der Waals surface area (Å²) in [6.45, 7) is 2.37. The molecule has 0 heterocycles. The van der Waals surface area contributed by atoms with Gasteiger partial charge in [0.05, 0.1) is 0 Å². The minimum atomic E-state index is -3.04. The maximum atomic E-state index is 2.64. The summed E-state index contributed by atoms with van der Waals surface area (Å²) in [4.78, 5) is 0. The summed E-state index contributed by atoms with van der Waals surface area (Å²) in [5.41, 5.74) is 6.07. The van der Waals surface area contributed by atoms with Gasteiger partial charge in [0.2, 0.25) is 0 Å². The van der Waals surface area contributed by atoms with Crippen LogP contribution >= 0.6 is 0 Å². The van der Waals surface area contributed by atoms with Gasteiger partial charge >= 0.3 is 136 Å². The molecule has 0 atom stereocenters. The van der Waals surface area contributed by atoms with E-state index in [9.17, 15) is 0 Å². The minimum absolute atomic E-state index is 0. The van der Waals surface area contributed by atoms with Crippen LogP contribution in [0.4, 0.5) is 9.41 Å². The van der Waals surface area contributed by atoms with Crippen molar-refractivity contribution in [3.05, 3.63) is 81.2 Å². The Labute approximate surface area is 144 Å². The van der Waals surface area contributed by atoms with Crippen molar-refractivity contribution in [2.75, 3.05) is 0 Å². The van der Waals surface area contributed by atoms with E-state index in [1.165, 1.54) is 17.5 Å². The normalized spacial score (nSPS) is 15.9. The summed E-state index contributed by atoms with van der Waals surface area (Å²) in [6.07, 6.45) is 8.18. The van der Waals surface area contributed by atoms with Gasteiger partial charge in [-0.2, -0.15) is 0 Å². The average molecular weight is 422 g/mol. The molecule has 2 aliphatic rings. The van der Waals surface area contributed by atoms with E-state index >= 15 is 0 Å². The molecular weight excluding hydrogens is 398 g/mol. The van der Waals surface area contributed by atoms with E-state index in [0.29, 0.717) is 3.63 Å². The first kappa shape index (κ1) is 19.2. The summed E-state index contributed by atoms with van der Waals surface area (Å²) in [5.74, 6) is 0. The molecule has 24 heavy (non-hydrogen) atoms. The van der Waals surface area contributed by atoms with Gasteiger partial charge < -0.3 is 0 Å². The number of fused-ring (bicyclic) bond motifs is 3. The van der Waals surface area contributed by atoms with Crippen LogP contribution in [0.25, 0.3) is 11.1 Å². The molecule has 4 rings (SSSR count). The van der Waals surface area contributed by atoms with E-state index in [0.717, 1.165) is 0 Å². The Morgan fingerprint density at radius 1 is 0.875 bits per heavy atom. The Bertz CT molecular complexity index is 860. The molecule has 4 heteroatoms. The fraction of sp³-hybridized carbons (Fsp3) is 0.200. The first-order chi connectivity index (χ1) is 10.5. The number of hydrogen-bond donors (Lipinski definition) is 0. The Kier molecular flexibility index (Phi) is 5.05. The first-order valence-electron chi connectivity index (χ1n) is 8.09. The van der Waals surface area contributed by atoms with Crippen LogP contribution in [0, 0.1) is 0 Å². The van der Waals surface area contributed by atoms with Gasteiger partial charge in [-0.15, -0.1) is 0 Å². The molecule has 0 unspecified atom stereocenters. The molecule has 0 saturated heterocycles. The zero-order valence-corrected chi connectivity index (χ0v) is 18.0. The quantitative estimate of drug-likeness (QED) is 0.582. The predicted molar refractivity (Wildman–Crippen MR) is 101 cm³/mol. The summed E-state index contributed by atoms with van der Waals surface area (Å²) >= 11 is -3.04. The van der Waals surface area contributed by atoms with Crippen LogP contribution in [0.3, 0.4) is 0 Å². The van der Waals surface area contributed by atoms with Gasteiger partial charge in [-0.3, -0.25) is 9.41 Å². The van der Waals surface area contributed by atoms with Crippen LogP contribution in [-0.4, -0.2) is 6.88 Å². The summed E-state index contributed by atoms with van der Waals surface area (Å²) in [5, 5.41) is 0. The zero-order valence-electron chi connectivity index (χ0n) is 14.2. The van der Waals surface area contributed by atoms with Crippen LogP contribution in [0.15, 0.2) is 70.0 Å². The van der Waals surface area contributed by atoms with E-state index in [2.05, 4.69) is 82.9 Å². The average Bonchev–Trinajstić information content (AvgIpc) is 3.14. The van der Waals surface area contributed by atoms with Crippen molar-refractivity contribution < 1.29 is 26.8 Å². The van der Waals surface area contributed by atoms with Gasteiger partial charge in [0.15, 0.2) is 0 Å². The molecule has 2 aliphatic carbocycles. The van der Waals surface area contributed by atoms with Crippen LogP contribution in [-0.2, 0) is 17.4 Å². The number of halogens is 2. The summed E-state index contributed by atoms with van der Waals surface area (Å²) < 4.78 is 7.65. The number of hydrogen-bond acceptors (Lipinski definition) is 0. The van der Waals surface area contributed by atoms with Crippen molar-refractivity contribution in [2.45, 2.75) is 19.3 Å². The van der Waals surface area contributed by atoms with Gasteiger partial charge in [-0.1, -0.05) is 0 Å². The third kappa shape index (κ3) is 2.64. The van der Waals surface area contributed by atoms with Crippen molar-refractivity contribution in [3.63, 3.8) is 0 Å². The Balaban J connectivity index is 0.00000104. The molecule has 0 nitrogen and oxygen atoms in total. The van der Waals surface area contributed by atoms with Gasteiger partial charge in [-0.25, -0.2) is 0 Å². The van der Waals surface area contributed by atoms with E-state index in [1.54, 1.807) is 14.4 Å². The Hall–Kier alpha value is -1.12. The number of rotatable bonds is 2. The van der Waals surface area contributed by atoms with E-state index in [1.807, 2.05) is 0 Å². The third-order valence-corrected chi connectivity index (χ3v) is 22.9. The molecule has 0 aromatic heterocycles. The van der Waals surface area contributed by atoms with Crippen molar-refractivity contribution in [1.82, 2.24) is 0 Å². The monoisotopic (exact) mass is 420 g/mol. The standard InChI is InChI=1S/C13H9.C5H5.2CH3.2FH.H2Si.Zr/c1-3-7-12-10(5-1)9-11-6-2-4-8-13(11)12;1-2-4-5-3-1;;;;;;/h1-9H;1-3H,4H2;2*1H3;2*1H;1H2;. The van der Waals surface area contributed by atoms with E-state index in [-0.39, 0.29) is 9.41 Å². The second-order valence-corrected chi connectivity index (χ2v) is 37.4. The predicted octanol–water partition coefficient (Wildman–Crippen LogP) is 5.24. The third-order valence-electron chi connectivity index (χ3n) is 5.59. The van der Waals surface area contributed by atoms with Crippen molar-refractivity contribution in [1.29, 1.82) is 0 Å². The molecular formula is C20H24F2SiZr. The zero-order chi connectivity index (χ0) is 15.4. The molecule has 0 radical (unpaired) electrons. The second kappa shape index (κ2) is 6.31. The molecule has 0 amide bonds. The molecule has 126 valence electrons. The second-order valence-electron chi connectivity index (χ2n) is 7.74. The van der Waals surface area contributed by atoms with Crippen molar-refractivity contribution in [2.24, 2.45) is 0 Å². The van der Waals surface area contributed by atoms with Crippen molar-refractivity contribution in [3.8, 4) is 11.1 Å². The van der Waals surface area contributed by atoms with Gasteiger partial charge in [0, 0.05) is 0 Å².